The van der Waals surface area contributed by atoms with Crippen LogP contribution in [0.25, 0.3) is 0 Å². The lowest BCUT2D eigenvalue weighted by atomic mass is 10.3. The van der Waals surface area contributed by atoms with E-state index in [4.69, 9.17) is 0 Å². The fourth-order valence-corrected chi connectivity index (χ4v) is 1.05. The lowest BCUT2D eigenvalue weighted by molar-refractivity contribution is 0.325. The van der Waals surface area contributed by atoms with Crippen LogP contribution in [0.5, 0.6) is 0 Å². The molecular weight excluding hydrogens is 174 g/mol. The third kappa shape index (κ3) is 6.89. The first-order valence-corrected chi connectivity index (χ1v) is 5.56. The maximum atomic E-state index is 4.36. The predicted molar refractivity (Wildman–Crippen MR) is 64.0 cm³/mol. The molecular formula is C11H25N3. The largest absolute Gasteiger partial charge is 0.373 e. The Hall–Kier alpha value is -0.570. The standard InChI is InChI=1S/C11H25N3/c1-6-10(3)12-9-13-11(4)8-14(5)7-2/h9-11H,6-8H2,1-5H3,(H,12,13). The van der Waals surface area contributed by atoms with Crippen LogP contribution in [-0.2, 0) is 0 Å². The molecule has 3 heteroatoms. The van der Waals surface area contributed by atoms with Crippen LogP contribution in [-0.4, -0.2) is 43.5 Å². The zero-order valence-electron chi connectivity index (χ0n) is 10.2. The van der Waals surface area contributed by atoms with Crippen LogP contribution in [0, 0.1) is 0 Å². The van der Waals surface area contributed by atoms with Gasteiger partial charge in [0.1, 0.15) is 0 Å². The Kier molecular flexibility index (Phi) is 7.48. The first-order chi connectivity index (χ1) is 6.60. The van der Waals surface area contributed by atoms with E-state index in [9.17, 15) is 0 Å². The number of hydrogen-bond acceptors (Lipinski definition) is 2. The third-order valence-electron chi connectivity index (χ3n) is 2.40. The van der Waals surface area contributed by atoms with Crippen LogP contribution in [0.1, 0.15) is 34.1 Å². The van der Waals surface area contributed by atoms with Gasteiger partial charge in [0.2, 0.25) is 0 Å². The van der Waals surface area contributed by atoms with Crippen LogP contribution in [0.2, 0.25) is 0 Å². The van der Waals surface area contributed by atoms with Gasteiger partial charge in [-0.2, -0.15) is 0 Å². The molecule has 0 radical (unpaired) electrons. The van der Waals surface area contributed by atoms with Gasteiger partial charge in [0.15, 0.2) is 0 Å². The minimum absolute atomic E-state index is 0.429. The van der Waals surface area contributed by atoms with Crippen LogP contribution in [0.3, 0.4) is 0 Å². The molecule has 0 amide bonds. The highest BCUT2D eigenvalue weighted by Crippen LogP contribution is 1.92. The summed E-state index contributed by atoms with van der Waals surface area (Å²) in [7, 11) is 2.13. The predicted octanol–water partition coefficient (Wildman–Crippen LogP) is 1.74. The summed E-state index contributed by atoms with van der Waals surface area (Å²) in [6.07, 6.45) is 2.95. The maximum Gasteiger partial charge on any atom is 0.0829 e. The zero-order valence-corrected chi connectivity index (χ0v) is 10.2. The monoisotopic (exact) mass is 199 g/mol. The molecule has 0 fully saturated rings. The fourth-order valence-electron chi connectivity index (χ4n) is 1.05. The fraction of sp³-hybridized carbons (Fsp3) is 0.909. The van der Waals surface area contributed by atoms with Gasteiger partial charge in [0, 0.05) is 18.6 Å². The second-order valence-corrected chi connectivity index (χ2v) is 3.96. The van der Waals surface area contributed by atoms with E-state index in [1.54, 1.807) is 0 Å². The van der Waals surface area contributed by atoms with E-state index < -0.39 is 0 Å². The lowest BCUT2D eigenvalue weighted by Crippen LogP contribution is -2.36. The first-order valence-electron chi connectivity index (χ1n) is 5.56. The molecule has 0 rings (SSSR count). The summed E-state index contributed by atoms with van der Waals surface area (Å²) in [5.41, 5.74) is 0. The van der Waals surface area contributed by atoms with Crippen molar-refractivity contribution in [2.24, 2.45) is 4.99 Å². The summed E-state index contributed by atoms with van der Waals surface area (Å²) in [5.74, 6) is 0. The molecule has 0 spiro atoms. The van der Waals surface area contributed by atoms with E-state index in [1.807, 2.05) is 6.34 Å². The van der Waals surface area contributed by atoms with Gasteiger partial charge in [-0.05, 0) is 33.9 Å². The van der Waals surface area contributed by atoms with Crippen molar-refractivity contribution in [3.8, 4) is 0 Å². The van der Waals surface area contributed by atoms with E-state index >= 15 is 0 Å². The summed E-state index contributed by atoms with van der Waals surface area (Å²) in [5, 5.41) is 3.28. The van der Waals surface area contributed by atoms with Gasteiger partial charge in [-0.3, -0.25) is 4.99 Å². The van der Waals surface area contributed by atoms with E-state index in [0.29, 0.717) is 12.1 Å². The van der Waals surface area contributed by atoms with Crippen LogP contribution in [0.4, 0.5) is 0 Å². The van der Waals surface area contributed by atoms with Crippen molar-refractivity contribution >= 4 is 6.34 Å². The minimum Gasteiger partial charge on any atom is -0.373 e. The number of nitrogens with zero attached hydrogens (tertiary/aromatic N) is 2. The molecule has 0 aromatic heterocycles. The highest BCUT2D eigenvalue weighted by atomic mass is 15.1. The summed E-state index contributed by atoms with van der Waals surface area (Å²) >= 11 is 0. The van der Waals surface area contributed by atoms with Crippen molar-refractivity contribution in [1.29, 1.82) is 0 Å². The van der Waals surface area contributed by atoms with Gasteiger partial charge in [-0.15, -0.1) is 0 Å². The summed E-state index contributed by atoms with van der Waals surface area (Å²) in [6, 6.07) is 0.895. The van der Waals surface area contributed by atoms with Crippen LogP contribution >= 0.6 is 0 Å². The minimum atomic E-state index is 0.429. The Morgan fingerprint density at radius 3 is 2.50 bits per heavy atom. The molecule has 1 N–H and O–H groups in total. The highest BCUT2D eigenvalue weighted by Gasteiger charge is 2.01. The molecule has 0 aliphatic carbocycles. The Morgan fingerprint density at radius 1 is 1.36 bits per heavy atom. The average Bonchev–Trinajstić information content (AvgIpc) is 2.17. The second kappa shape index (κ2) is 7.80. The summed E-state index contributed by atoms with van der Waals surface area (Å²) < 4.78 is 0. The van der Waals surface area contributed by atoms with E-state index in [-0.39, 0.29) is 0 Å². The zero-order chi connectivity index (χ0) is 11.0. The van der Waals surface area contributed by atoms with Gasteiger partial charge in [0.25, 0.3) is 0 Å². The Bertz CT molecular complexity index is 157. The number of rotatable bonds is 7. The smallest absolute Gasteiger partial charge is 0.0829 e. The number of hydrogen-bond donors (Lipinski definition) is 1. The van der Waals surface area contributed by atoms with E-state index in [2.05, 4.69) is 50.0 Å². The van der Waals surface area contributed by atoms with Crippen molar-refractivity contribution in [1.82, 2.24) is 10.2 Å². The van der Waals surface area contributed by atoms with Gasteiger partial charge in [-0.25, -0.2) is 0 Å². The highest BCUT2D eigenvalue weighted by molar-refractivity contribution is 5.54. The molecule has 0 saturated carbocycles. The summed E-state index contributed by atoms with van der Waals surface area (Å²) in [4.78, 5) is 6.65. The molecule has 0 saturated heterocycles. The molecule has 0 aromatic carbocycles. The number of aliphatic imine (C=N–C) groups is 1. The third-order valence-corrected chi connectivity index (χ3v) is 2.40. The lowest BCUT2D eigenvalue weighted by Gasteiger charge is -2.19. The van der Waals surface area contributed by atoms with E-state index in [1.165, 1.54) is 0 Å². The molecule has 0 aliphatic heterocycles. The maximum absolute atomic E-state index is 4.36. The first kappa shape index (κ1) is 13.4. The van der Waals surface area contributed by atoms with Gasteiger partial charge in [-0.1, -0.05) is 13.8 Å². The SMILES string of the molecule is CCC(C)N=CNC(C)CN(C)CC. The normalized spacial score (nSPS) is 16.1. The van der Waals surface area contributed by atoms with Crippen molar-refractivity contribution in [2.75, 3.05) is 20.1 Å². The van der Waals surface area contributed by atoms with Gasteiger partial charge >= 0.3 is 0 Å². The topological polar surface area (TPSA) is 27.6 Å². The molecule has 0 bridgehead atoms. The molecule has 14 heavy (non-hydrogen) atoms. The quantitative estimate of drug-likeness (QED) is 0.499. The molecule has 84 valence electrons. The molecule has 0 aliphatic rings. The van der Waals surface area contributed by atoms with Gasteiger partial charge in [0.05, 0.1) is 6.34 Å². The molecule has 2 atom stereocenters. The van der Waals surface area contributed by atoms with E-state index in [0.717, 1.165) is 19.5 Å². The molecule has 0 aromatic rings. The van der Waals surface area contributed by atoms with Crippen molar-refractivity contribution in [3.05, 3.63) is 0 Å². The Labute approximate surface area is 88.6 Å². The second-order valence-electron chi connectivity index (χ2n) is 3.96. The number of likely N-dealkylation sites (N-methyl/N-ethyl adjacent to an activating group) is 1. The van der Waals surface area contributed by atoms with Crippen molar-refractivity contribution in [3.63, 3.8) is 0 Å². The van der Waals surface area contributed by atoms with Crippen molar-refractivity contribution in [2.45, 2.75) is 46.2 Å². The van der Waals surface area contributed by atoms with Gasteiger partial charge < -0.3 is 10.2 Å². The Morgan fingerprint density at radius 2 is 2.00 bits per heavy atom. The molecule has 3 nitrogen and oxygen atoms in total. The Balaban J connectivity index is 3.62. The summed E-state index contributed by atoms with van der Waals surface area (Å²) in [6.45, 7) is 10.8. The van der Waals surface area contributed by atoms with Crippen LogP contribution in [0.15, 0.2) is 4.99 Å². The molecule has 2 unspecified atom stereocenters. The number of nitrogens with one attached hydrogen (secondary N) is 1. The van der Waals surface area contributed by atoms with Crippen molar-refractivity contribution < 1.29 is 0 Å². The van der Waals surface area contributed by atoms with Crippen LogP contribution < -0.4 is 5.32 Å². The molecule has 0 heterocycles. The average molecular weight is 199 g/mol.